The zero-order chi connectivity index (χ0) is 9.97. The summed E-state index contributed by atoms with van der Waals surface area (Å²) < 4.78 is 5.43. The fraction of sp³-hybridized carbons (Fsp3) is 0.400. The lowest BCUT2D eigenvalue weighted by Gasteiger charge is -2.15. The Morgan fingerprint density at radius 3 is 3.07 bits per heavy atom. The highest BCUT2D eigenvalue weighted by atomic mass is 16.5. The molecule has 1 aliphatic rings. The van der Waals surface area contributed by atoms with Gasteiger partial charge in [-0.25, -0.2) is 5.43 Å². The van der Waals surface area contributed by atoms with Crippen molar-refractivity contribution in [3.63, 3.8) is 0 Å². The van der Waals surface area contributed by atoms with Crippen molar-refractivity contribution in [1.29, 1.82) is 0 Å². The molecule has 0 bridgehead atoms. The molecule has 0 aromatic heterocycles. The van der Waals surface area contributed by atoms with Crippen molar-refractivity contribution < 1.29 is 4.74 Å². The number of nitrogens with two attached hydrogens (primary N) is 1. The molecule has 4 nitrogen and oxygen atoms in total. The summed E-state index contributed by atoms with van der Waals surface area (Å²) in [7, 11) is 1.87. The molecule has 4 heteroatoms. The lowest BCUT2D eigenvalue weighted by atomic mass is 10.1. The van der Waals surface area contributed by atoms with Crippen molar-refractivity contribution >= 4 is 0 Å². The number of hydrogen-bond donors (Lipinski definition) is 3. The quantitative estimate of drug-likeness (QED) is 0.367. The number of nitrogens with one attached hydrogen (secondary N) is 2. The molecule has 0 fully saturated rings. The van der Waals surface area contributed by atoms with Crippen molar-refractivity contribution in [3.05, 3.63) is 29.3 Å². The summed E-state index contributed by atoms with van der Waals surface area (Å²) in [6, 6.07) is 6.15. The predicted octanol–water partition coefficient (Wildman–Crippen LogP) is 0.303. The van der Waals surface area contributed by atoms with Gasteiger partial charge in [-0.2, -0.15) is 0 Å². The summed E-state index contributed by atoms with van der Waals surface area (Å²) in [6.07, 6.45) is 0.991. The molecule has 76 valence electrons. The molecule has 1 heterocycles. The van der Waals surface area contributed by atoms with E-state index >= 15 is 0 Å². The van der Waals surface area contributed by atoms with Gasteiger partial charge < -0.3 is 10.1 Å². The molecule has 0 amide bonds. The Bertz CT molecular complexity index is 323. The number of fused-ring (bicyclic) bond motifs is 1. The van der Waals surface area contributed by atoms with Crippen LogP contribution in [-0.2, 0) is 6.42 Å². The van der Waals surface area contributed by atoms with Crippen LogP contribution in [-0.4, -0.2) is 13.7 Å². The summed E-state index contributed by atoms with van der Waals surface area (Å²) in [5.41, 5.74) is 5.11. The van der Waals surface area contributed by atoms with Crippen LogP contribution in [0, 0.1) is 0 Å². The molecule has 2 rings (SSSR count). The van der Waals surface area contributed by atoms with Gasteiger partial charge in [-0.05, 0) is 30.3 Å². The fourth-order valence-electron chi connectivity index (χ4n) is 1.73. The third-order valence-corrected chi connectivity index (χ3v) is 2.50. The second kappa shape index (κ2) is 3.96. The summed E-state index contributed by atoms with van der Waals surface area (Å²) in [5.74, 6) is 6.42. The molecule has 1 aliphatic heterocycles. The predicted molar refractivity (Wildman–Crippen MR) is 54.8 cm³/mol. The second-order valence-corrected chi connectivity index (χ2v) is 3.35. The van der Waals surface area contributed by atoms with Gasteiger partial charge in [-0.1, -0.05) is 6.07 Å². The molecule has 0 spiro atoms. The molecular formula is C10H15N3O. The van der Waals surface area contributed by atoms with E-state index in [1.54, 1.807) is 0 Å². The summed E-state index contributed by atoms with van der Waals surface area (Å²) in [6.45, 7) is 0.791. The van der Waals surface area contributed by atoms with Crippen LogP contribution in [0.2, 0.25) is 0 Å². The Kier molecular flexibility index (Phi) is 2.67. The van der Waals surface area contributed by atoms with Gasteiger partial charge in [-0.15, -0.1) is 0 Å². The van der Waals surface area contributed by atoms with Gasteiger partial charge >= 0.3 is 0 Å². The maximum absolute atomic E-state index is 5.43. The van der Waals surface area contributed by atoms with Crippen LogP contribution in [0.1, 0.15) is 17.3 Å². The number of hydrogen-bond acceptors (Lipinski definition) is 4. The van der Waals surface area contributed by atoms with E-state index in [0.29, 0.717) is 0 Å². The average Bonchev–Trinajstić information content (AvgIpc) is 2.66. The molecule has 0 radical (unpaired) electrons. The van der Waals surface area contributed by atoms with Crippen LogP contribution in [0.25, 0.3) is 0 Å². The minimum absolute atomic E-state index is 0.000833. The van der Waals surface area contributed by atoms with Crippen LogP contribution < -0.4 is 21.3 Å². The molecule has 0 saturated heterocycles. The molecule has 1 aromatic rings. The molecule has 1 aromatic carbocycles. The first-order valence-electron chi connectivity index (χ1n) is 4.74. The van der Waals surface area contributed by atoms with Crippen LogP contribution in [0.15, 0.2) is 18.2 Å². The van der Waals surface area contributed by atoms with Crippen LogP contribution in [0.5, 0.6) is 5.75 Å². The van der Waals surface area contributed by atoms with Crippen molar-refractivity contribution in [2.45, 2.75) is 12.6 Å². The highest BCUT2D eigenvalue weighted by molar-refractivity contribution is 5.40. The molecular weight excluding hydrogens is 178 g/mol. The maximum Gasteiger partial charge on any atom is 0.122 e. The Labute approximate surface area is 83.4 Å². The lowest BCUT2D eigenvalue weighted by Crippen LogP contribution is -2.36. The Hall–Kier alpha value is -1.10. The van der Waals surface area contributed by atoms with Gasteiger partial charge in [0.15, 0.2) is 0 Å². The van der Waals surface area contributed by atoms with E-state index in [2.05, 4.69) is 16.8 Å². The monoisotopic (exact) mass is 193 g/mol. The molecule has 0 aliphatic carbocycles. The van der Waals surface area contributed by atoms with E-state index in [9.17, 15) is 0 Å². The Balaban J connectivity index is 2.27. The molecule has 1 unspecified atom stereocenters. The number of rotatable bonds is 3. The van der Waals surface area contributed by atoms with E-state index in [-0.39, 0.29) is 6.17 Å². The first-order chi connectivity index (χ1) is 6.85. The lowest BCUT2D eigenvalue weighted by molar-refractivity contribution is 0.356. The normalized spacial score (nSPS) is 16.1. The number of ether oxygens (including phenoxy) is 1. The second-order valence-electron chi connectivity index (χ2n) is 3.35. The van der Waals surface area contributed by atoms with E-state index < -0.39 is 0 Å². The minimum atomic E-state index is 0.000833. The van der Waals surface area contributed by atoms with Gasteiger partial charge in [0.1, 0.15) is 5.75 Å². The third kappa shape index (κ3) is 1.59. The van der Waals surface area contributed by atoms with Crippen molar-refractivity contribution in [1.82, 2.24) is 10.7 Å². The van der Waals surface area contributed by atoms with E-state index in [0.717, 1.165) is 24.3 Å². The van der Waals surface area contributed by atoms with Gasteiger partial charge in [0.2, 0.25) is 0 Å². The van der Waals surface area contributed by atoms with E-state index in [4.69, 9.17) is 10.6 Å². The van der Waals surface area contributed by atoms with Crippen LogP contribution in [0.4, 0.5) is 0 Å². The maximum atomic E-state index is 5.43. The third-order valence-electron chi connectivity index (χ3n) is 2.50. The standard InChI is InChI=1S/C10H15N3O/c1-12-10(13-11)8-2-3-9-7(6-8)4-5-14-9/h2-3,6,10,12-13H,4-5,11H2,1H3. The van der Waals surface area contributed by atoms with Crippen LogP contribution >= 0.6 is 0 Å². The van der Waals surface area contributed by atoms with Crippen molar-refractivity contribution in [2.24, 2.45) is 5.84 Å². The summed E-state index contributed by atoms with van der Waals surface area (Å²) in [4.78, 5) is 0. The molecule has 14 heavy (non-hydrogen) atoms. The minimum Gasteiger partial charge on any atom is -0.493 e. The van der Waals surface area contributed by atoms with Gasteiger partial charge in [-0.3, -0.25) is 5.84 Å². The summed E-state index contributed by atoms with van der Waals surface area (Å²) >= 11 is 0. The van der Waals surface area contributed by atoms with Crippen LogP contribution in [0.3, 0.4) is 0 Å². The van der Waals surface area contributed by atoms with Crippen molar-refractivity contribution in [2.75, 3.05) is 13.7 Å². The first kappa shape index (κ1) is 9.45. The average molecular weight is 193 g/mol. The molecule has 4 N–H and O–H groups in total. The molecule has 1 atom stereocenters. The van der Waals surface area contributed by atoms with E-state index in [1.165, 1.54) is 5.56 Å². The Morgan fingerprint density at radius 2 is 2.36 bits per heavy atom. The Morgan fingerprint density at radius 1 is 1.50 bits per heavy atom. The van der Waals surface area contributed by atoms with Crippen molar-refractivity contribution in [3.8, 4) is 5.75 Å². The fourth-order valence-corrected chi connectivity index (χ4v) is 1.73. The number of benzene rings is 1. The summed E-state index contributed by atoms with van der Waals surface area (Å²) in [5, 5.41) is 3.08. The van der Waals surface area contributed by atoms with E-state index in [1.807, 2.05) is 19.2 Å². The topological polar surface area (TPSA) is 59.3 Å². The zero-order valence-electron chi connectivity index (χ0n) is 8.21. The SMILES string of the molecule is CNC(NN)c1ccc2c(c1)CCO2. The molecule has 0 saturated carbocycles. The van der Waals surface area contributed by atoms with Gasteiger partial charge in [0.05, 0.1) is 12.8 Å². The smallest absolute Gasteiger partial charge is 0.122 e. The number of hydrazine groups is 1. The first-order valence-corrected chi connectivity index (χ1v) is 4.74. The highest BCUT2D eigenvalue weighted by Gasteiger charge is 2.14. The van der Waals surface area contributed by atoms with Gasteiger partial charge in [0, 0.05) is 6.42 Å². The highest BCUT2D eigenvalue weighted by Crippen LogP contribution is 2.27. The largest absolute Gasteiger partial charge is 0.493 e. The zero-order valence-corrected chi connectivity index (χ0v) is 8.21. The van der Waals surface area contributed by atoms with Gasteiger partial charge in [0.25, 0.3) is 0 Å².